The number of carbonyl (C=O) groups excluding carboxylic acids is 1. The average molecular weight is 656 g/mol. The maximum Gasteiger partial charge on any atom is 0.273 e. The average Bonchev–Trinajstić information content (AvgIpc) is 2.96. The highest BCUT2D eigenvalue weighted by Gasteiger charge is 2.34. The van der Waals surface area contributed by atoms with Crippen LogP contribution in [0.2, 0.25) is 10.2 Å². The van der Waals surface area contributed by atoms with E-state index in [4.69, 9.17) is 40.1 Å². The van der Waals surface area contributed by atoms with Gasteiger partial charge in [0.25, 0.3) is 5.91 Å². The van der Waals surface area contributed by atoms with E-state index in [2.05, 4.69) is 41.6 Å². The van der Waals surface area contributed by atoms with Crippen molar-refractivity contribution in [1.82, 2.24) is 29.8 Å². The second-order valence-electron chi connectivity index (χ2n) is 11.0. The van der Waals surface area contributed by atoms with Crippen LogP contribution in [0.3, 0.4) is 0 Å². The fourth-order valence-electron chi connectivity index (χ4n) is 5.78. The lowest BCUT2D eigenvalue weighted by molar-refractivity contribution is 0.0610. The molecule has 2 aliphatic heterocycles. The van der Waals surface area contributed by atoms with Crippen LogP contribution in [0, 0.1) is 5.41 Å². The van der Waals surface area contributed by atoms with E-state index in [0.29, 0.717) is 35.5 Å². The van der Waals surface area contributed by atoms with Crippen LogP contribution in [0.25, 0.3) is 0 Å². The number of nitrogen functional groups attached to an aromatic ring is 2. The number of nitrogens with zero attached hydrogens (tertiary/aromatic N) is 5. The zero-order valence-corrected chi connectivity index (χ0v) is 26.8. The molecular weight excluding hydrogens is 615 g/mol. The molecule has 1 aromatic heterocycles. The van der Waals surface area contributed by atoms with Gasteiger partial charge in [-0.05, 0) is 50.0 Å². The smallest absolute Gasteiger partial charge is 0.273 e. The van der Waals surface area contributed by atoms with E-state index >= 15 is 0 Å². The Morgan fingerprint density at radius 1 is 1.14 bits per heavy atom. The van der Waals surface area contributed by atoms with Crippen molar-refractivity contribution in [2.24, 2.45) is 5.73 Å². The maximum atomic E-state index is 12.6. The van der Waals surface area contributed by atoms with Crippen molar-refractivity contribution in [3.63, 3.8) is 0 Å². The molecule has 0 saturated carbocycles. The largest absolute Gasteiger partial charge is 0.384 e. The zero-order valence-electron chi connectivity index (χ0n) is 24.4. The number of rotatable bonds is 11. The molecule has 0 radical (unpaired) electrons. The molecule has 0 unspecified atom stereocenters. The van der Waals surface area contributed by atoms with Gasteiger partial charge in [-0.25, -0.2) is 23.1 Å². The van der Waals surface area contributed by atoms with Crippen molar-refractivity contribution in [2.45, 2.75) is 44.8 Å². The summed E-state index contributed by atoms with van der Waals surface area (Å²) in [5.74, 6) is -0.138. The molecule has 2 aromatic rings. The lowest BCUT2D eigenvalue weighted by Crippen LogP contribution is -2.58. The van der Waals surface area contributed by atoms with Gasteiger partial charge in [0.1, 0.15) is 5.84 Å². The Labute approximate surface area is 262 Å². The number of benzene rings is 1. The van der Waals surface area contributed by atoms with Gasteiger partial charge in [-0.1, -0.05) is 36.2 Å². The highest BCUT2D eigenvalue weighted by molar-refractivity contribution is 7.88. The number of amidine groups is 1. The lowest BCUT2D eigenvalue weighted by atomic mass is 9.97. The standard InChI is InChI=1S/C27H40Cl2N10O3S/c1-3-19-16-38(26-23(29)35-22(25(32)36-26)27(40)33-8-9-34-43(2,41)42)12-13-39(19)20-6-10-37(11-7-20)15-17-4-5-18(28)14-21(17)24(30)31/h4-5,14,19-20,34H,3,6-13,15-16H2,1-2H3,(H3,30,31)(H2,32,36)(H,33,40)/t19-/m0/s1. The summed E-state index contributed by atoms with van der Waals surface area (Å²) >= 11 is 12.6. The zero-order chi connectivity index (χ0) is 31.3. The van der Waals surface area contributed by atoms with Gasteiger partial charge < -0.3 is 21.7 Å². The molecule has 2 aliphatic rings. The topological polar surface area (TPSA) is 187 Å². The third-order valence-corrected chi connectivity index (χ3v) is 9.15. The molecule has 7 N–H and O–H groups in total. The molecule has 4 rings (SSSR count). The Kier molecular flexibility index (Phi) is 11.1. The highest BCUT2D eigenvalue weighted by atomic mass is 35.5. The fraction of sp³-hybridized carbons (Fsp3) is 0.556. The van der Waals surface area contributed by atoms with Crippen molar-refractivity contribution in [3.8, 4) is 0 Å². The van der Waals surface area contributed by atoms with Gasteiger partial charge in [-0.2, -0.15) is 0 Å². The number of aromatic nitrogens is 2. The van der Waals surface area contributed by atoms with Crippen LogP contribution in [-0.2, 0) is 16.6 Å². The molecule has 3 heterocycles. The molecule has 0 aliphatic carbocycles. The predicted molar refractivity (Wildman–Crippen MR) is 170 cm³/mol. The first-order valence-corrected chi connectivity index (χ1v) is 16.9. The summed E-state index contributed by atoms with van der Waals surface area (Å²) in [6, 6.07) is 6.30. The van der Waals surface area contributed by atoms with Gasteiger partial charge >= 0.3 is 0 Å². The predicted octanol–water partition coefficient (Wildman–Crippen LogP) is 1.49. The molecule has 16 heteroatoms. The number of hydrogen-bond acceptors (Lipinski definition) is 10. The summed E-state index contributed by atoms with van der Waals surface area (Å²) in [5.41, 5.74) is 13.5. The number of likely N-dealkylation sites (tertiary alicyclic amines) is 1. The summed E-state index contributed by atoms with van der Waals surface area (Å²) < 4.78 is 24.7. The van der Waals surface area contributed by atoms with Crippen molar-refractivity contribution in [3.05, 3.63) is 45.2 Å². The van der Waals surface area contributed by atoms with Crippen molar-refractivity contribution in [1.29, 1.82) is 5.41 Å². The van der Waals surface area contributed by atoms with Crippen LogP contribution in [0.15, 0.2) is 18.2 Å². The summed E-state index contributed by atoms with van der Waals surface area (Å²) in [6.07, 6.45) is 4.07. The van der Waals surface area contributed by atoms with E-state index in [1.54, 1.807) is 6.07 Å². The number of nitrogens with two attached hydrogens (primary N) is 2. The number of piperidine rings is 1. The molecule has 2 saturated heterocycles. The summed E-state index contributed by atoms with van der Waals surface area (Å²) in [6.45, 7) is 7.14. The molecule has 0 bridgehead atoms. The minimum absolute atomic E-state index is 0.0278. The van der Waals surface area contributed by atoms with Crippen LogP contribution in [-0.4, -0.2) is 104 Å². The number of halogens is 2. The third-order valence-electron chi connectivity index (χ3n) is 7.93. The minimum atomic E-state index is -3.36. The Bertz CT molecular complexity index is 1440. The van der Waals surface area contributed by atoms with Crippen LogP contribution >= 0.6 is 23.2 Å². The first-order valence-electron chi connectivity index (χ1n) is 14.3. The van der Waals surface area contributed by atoms with Gasteiger partial charge in [0, 0.05) is 61.9 Å². The summed E-state index contributed by atoms with van der Waals surface area (Å²) in [4.78, 5) is 28.3. The van der Waals surface area contributed by atoms with Gasteiger partial charge in [0.15, 0.2) is 22.5 Å². The Morgan fingerprint density at radius 3 is 2.51 bits per heavy atom. The van der Waals surface area contributed by atoms with Crippen LogP contribution < -0.4 is 26.4 Å². The lowest BCUT2D eigenvalue weighted by Gasteiger charge is -2.47. The van der Waals surface area contributed by atoms with Crippen molar-refractivity contribution in [2.75, 3.05) is 62.7 Å². The monoisotopic (exact) mass is 654 g/mol. The Balaban J connectivity index is 1.33. The number of amides is 1. The molecule has 43 heavy (non-hydrogen) atoms. The van der Waals surface area contributed by atoms with Gasteiger partial charge in [-0.3, -0.25) is 20.0 Å². The number of piperazine rings is 1. The fourth-order valence-corrected chi connectivity index (χ4v) is 6.67. The molecule has 1 aromatic carbocycles. The van der Waals surface area contributed by atoms with Crippen LogP contribution in [0.1, 0.15) is 47.8 Å². The number of sulfonamides is 1. The molecular formula is C27H40Cl2N10O3S. The van der Waals surface area contributed by atoms with Crippen LogP contribution in [0.5, 0.6) is 0 Å². The first-order chi connectivity index (χ1) is 20.4. The number of anilines is 2. The maximum absolute atomic E-state index is 12.6. The molecule has 13 nitrogen and oxygen atoms in total. The minimum Gasteiger partial charge on any atom is -0.384 e. The normalized spacial score (nSPS) is 19.0. The van der Waals surface area contributed by atoms with Gasteiger partial charge in [-0.15, -0.1) is 0 Å². The number of hydrogen-bond donors (Lipinski definition) is 5. The number of nitrogens with one attached hydrogen (secondary N) is 3. The Morgan fingerprint density at radius 2 is 1.86 bits per heavy atom. The van der Waals surface area contributed by atoms with Gasteiger partial charge in [0.2, 0.25) is 10.0 Å². The first kappa shape index (κ1) is 33.1. The third kappa shape index (κ3) is 8.67. The second kappa shape index (κ2) is 14.4. The highest BCUT2D eigenvalue weighted by Crippen LogP contribution is 2.30. The van der Waals surface area contributed by atoms with E-state index in [9.17, 15) is 13.2 Å². The van der Waals surface area contributed by atoms with Gasteiger partial charge in [0.05, 0.1) is 6.26 Å². The molecule has 1 amide bonds. The number of carbonyl (C=O) groups is 1. The Hall–Kier alpha value is -2.75. The quantitative estimate of drug-likeness (QED) is 0.135. The van der Waals surface area contributed by atoms with E-state index in [1.807, 2.05) is 12.1 Å². The second-order valence-corrected chi connectivity index (χ2v) is 13.6. The van der Waals surface area contributed by atoms with E-state index < -0.39 is 15.9 Å². The summed E-state index contributed by atoms with van der Waals surface area (Å²) in [5, 5.41) is 11.2. The van der Waals surface area contributed by atoms with Crippen molar-refractivity contribution < 1.29 is 13.2 Å². The van der Waals surface area contributed by atoms with E-state index in [1.165, 1.54) is 0 Å². The molecule has 2 fully saturated rings. The molecule has 236 valence electrons. The van der Waals surface area contributed by atoms with E-state index in [-0.39, 0.29) is 41.6 Å². The summed E-state index contributed by atoms with van der Waals surface area (Å²) in [7, 11) is -3.36. The van der Waals surface area contributed by atoms with Crippen molar-refractivity contribution >= 4 is 56.6 Å². The SMILES string of the molecule is CC[C@H]1CN(c2nc(N)c(C(=O)NCCNS(C)(=O)=O)nc2Cl)CCN1C1CCN(Cc2ccc(Cl)cc2C(=N)N)CC1. The molecule has 1 atom stereocenters. The van der Waals surface area contributed by atoms with Crippen LogP contribution in [0.4, 0.5) is 11.6 Å². The molecule has 0 spiro atoms. The van der Waals surface area contributed by atoms with E-state index in [0.717, 1.165) is 57.3 Å².